The highest BCUT2D eigenvalue weighted by Crippen LogP contribution is 2.53. The fourth-order valence-corrected chi connectivity index (χ4v) is 9.85. The Bertz CT molecular complexity index is 1910. The van der Waals surface area contributed by atoms with E-state index in [9.17, 15) is 19.1 Å². The van der Waals surface area contributed by atoms with Crippen LogP contribution in [0.2, 0.25) is 0 Å². The van der Waals surface area contributed by atoms with Gasteiger partial charge in [-0.2, -0.15) is 13.2 Å². The number of benzene rings is 2. The number of nitrogens with one attached hydrogen (secondary N) is 1. The first-order chi connectivity index (χ1) is 23.9. The van der Waals surface area contributed by atoms with Crippen molar-refractivity contribution in [1.82, 2.24) is 14.8 Å². The first-order valence-electron chi connectivity index (χ1n) is 16.3. The number of fused-ring (bicyclic) bond motifs is 1. The van der Waals surface area contributed by atoms with E-state index in [0.717, 1.165) is 25.2 Å². The Morgan fingerprint density at radius 2 is 1.78 bits per heavy atom. The van der Waals surface area contributed by atoms with Gasteiger partial charge in [0.25, 0.3) is 0 Å². The van der Waals surface area contributed by atoms with Crippen LogP contribution in [0.25, 0.3) is 0 Å². The SMILES string of the molecule is CCOc1ncccc1C1C(C2C(=O)Nc3cc(F)c(F)cc32)[N+](C(=O)O)(S(=O)(=O)c2ccc(OC)cc2OC)CCN1C1CCN(C)CC1. The molecule has 2 amide bonds. The van der Waals surface area contributed by atoms with E-state index in [2.05, 4.69) is 15.2 Å². The molecule has 13 nitrogen and oxygen atoms in total. The smallest absolute Gasteiger partial charge is 0.497 e. The minimum absolute atomic E-state index is 0.0149. The summed E-state index contributed by atoms with van der Waals surface area (Å²) >= 11 is 0. The summed E-state index contributed by atoms with van der Waals surface area (Å²) < 4.78 is 75.2. The lowest BCUT2D eigenvalue weighted by Crippen LogP contribution is -2.73. The van der Waals surface area contributed by atoms with Crippen LogP contribution in [0, 0.1) is 11.6 Å². The number of likely N-dealkylation sites (tertiary alicyclic amines) is 1. The van der Waals surface area contributed by atoms with E-state index < -0.39 is 67.0 Å². The first kappa shape index (κ1) is 35.4. The van der Waals surface area contributed by atoms with Gasteiger partial charge in [0.2, 0.25) is 11.8 Å². The molecular formula is C34H40F2N5O8S+. The molecule has 3 aliphatic rings. The number of carboxylic acid groups (broad SMARTS) is 1. The minimum atomic E-state index is -5.04. The summed E-state index contributed by atoms with van der Waals surface area (Å²) in [6.45, 7) is 2.88. The van der Waals surface area contributed by atoms with Crippen LogP contribution in [-0.4, -0.2) is 110 Å². The van der Waals surface area contributed by atoms with E-state index in [4.69, 9.17) is 14.2 Å². The molecule has 0 bridgehead atoms. The molecule has 268 valence electrons. The second-order valence-electron chi connectivity index (χ2n) is 12.7. The third kappa shape index (κ3) is 5.73. The van der Waals surface area contributed by atoms with E-state index in [-0.39, 0.29) is 47.8 Å². The molecule has 0 radical (unpaired) electrons. The molecule has 3 aromatic rings. The molecule has 1 aromatic heterocycles. The molecule has 0 saturated carbocycles. The Hall–Kier alpha value is -4.38. The van der Waals surface area contributed by atoms with Gasteiger partial charge in [0.15, 0.2) is 22.6 Å². The number of anilines is 1. The molecule has 2 saturated heterocycles. The number of piperidine rings is 1. The van der Waals surface area contributed by atoms with Crippen LogP contribution >= 0.6 is 0 Å². The van der Waals surface area contributed by atoms with Gasteiger partial charge in [-0.3, -0.25) is 9.69 Å². The molecule has 4 unspecified atom stereocenters. The molecular weight excluding hydrogens is 676 g/mol. The van der Waals surface area contributed by atoms with Crippen LogP contribution in [0.5, 0.6) is 17.4 Å². The molecule has 2 aromatic carbocycles. The van der Waals surface area contributed by atoms with Gasteiger partial charge in [0, 0.05) is 35.6 Å². The summed E-state index contributed by atoms with van der Waals surface area (Å²) in [7, 11) is -0.404. The molecule has 2 N–H and O–H groups in total. The average molecular weight is 717 g/mol. The number of ether oxygens (including phenoxy) is 3. The summed E-state index contributed by atoms with van der Waals surface area (Å²) in [6, 6.07) is 5.92. The lowest BCUT2D eigenvalue weighted by molar-refractivity contribution is -0.775. The van der Waals surface area contributed by atoms with Gasteiger partial charge in [-0.05, 0) is 69.7 Å². The highest BCUT2D eigenvalue weighted by atomic mass is 32.2. The molecule has 0 spiro atoms. The van der Waals surface area contributed by atoms with Gasteiger partial charge >= 0.3 is 16.1 Å². The largest absolute Gasteiger partial charge is 0.529 e. The highest BCUT2D eigenvalue weighted by Gasteiger charge is 2.68. The molecule has 16 heteroatoms. The summed E-state index contributed by atoms with van der Waals surface area (Å²) in [6.07, 6.45) is 1.08. The zero-order valence-corrected chi connectivity index (χ0v) is 29.0. The van der Waals surface area contributed by atoms with Crippen molar-refractivity contribution in [3.8, 4) is 17.4 Å². The van der Waals surface area contributed by atoms with E-state index in [1.165, 1.54) is 38.6 Å². The molecule has 0 aliphatic carbocycles. The quantitative estimate of drug-likeness (QED) is 0.307. The Morgan fingerprint density at radius 3 is 2.44 bits per heavy atom. The number of nitrogens with zero attached hydrogens (tertiary/aromatic N) is 4. The average Bonchev–Trinajstić information content (AvgIpc) is 3.41. The zero-order valence-electron chi connectivity index (χ0n) is 28.1. The number of amides is 2. The maximum atomic E-state index is 15.3. The third-order valence-electron chi connectivity index (χ3n) is 10.1. The topological polar surface area (TPSA) is 148 Å². The van der Waals surface area contributed by atoms with Crippen LogP contribution in [0.4, 0.5) is 19.3 Å². The predicted octanol–water partition coefficient (Wildman–Crippen LogP) is 4.21. The van der Waals surface area contributed by atoms with Crippen molar-refractivity contribution in [3.63, 3.8) is 0 Å². The number of methoxy groups -OCH3 is 2. The van der Waals surface area contributed by atoms with E-state index in [0.29, 0.717) is 18.4 Å². The van der Waals surface area contributed by atoms with Crippen LogP contribution in [0.3, 0.4) is 0 Å². The van der Waals surface area contributed by atoms with Gasteiger partial charge in [-0.15, -0.1) is 3.89 Å². The number of pyridine rings is 1. The standard InChI is InChI=1S/C34H39F2N5O8S/c1-5-49-33-22(7-6-12-37-33)30-31(29-23-18-24(35)25(36)19-26(23)38-32(29)42)41(34(43)44,16-15-40(30)20-10-13-39(2)14-11-20)50(45,46)28-9-8-21(47-3)17-27(28)48-4/h6-9,12,17-20,29-31H,5,10-11,13-16H2,1-4H3,(H-,38,42,43,44)/p+1. The van der Waals surface area contributed by atoms with Crippen molar-refractivity contribution in [2.24, 2.45) is 0 Å². The van der Waals surface area contributed by atoms with Crippen LogP contribution in [0.15, 0.2) is 53.6 Å². The Kier molecular flexibility index (Phi) is 9.74. The van der Waals surface area contributed by atoms with Crippen LogP contribution in [0.1, 0.15) is 42.9 Å². The lowest BCUT2D eigenvalue weighted by atomic mass is 9.80. The number of aromatic nitrogens is 1. The van der Waals surface area contributed by atoms with Crippen molar-refractivity contribution in [2.75, 3.05) is 59.4 Å². The molecule has 3 aliphatic heterocycles. The fourth-order valence-electron chi connectivity index (χ4n) is 7.77. The fraction of sp³-hybridized carbons (Fsp3) is 0.441. The van der Waals surface area contributed by atoms with Gasteiger partial charge in [-0.25, -0.2) is 13.8 Å². The van der Waals surface area contributed by atoms with Crippen LogP contribution in [-0.2, 0) is 14.8 Å². The number of carbonyl (C=O) groups is 2. The predicted molar refractivity (Wildman–Crippen MR) is 177 cm³/mol. The Balaban J connectivity index is 1.69. The summed E-state index contributed by atoms with van der Waals surface area (Å²) in [5, 5.41) is 13.9. The summed E-state index contributed by atoms with van der Waals surface area (Å²) in [5.41, 5.74) is 0.229. The van der Waals surface area contributed by atoms with Crippen molar-refractivity contribution >= 4 is 27.7 Å². The van der Waals surface area contributed by atoms with E-state index in [1.54, 1.807) is 19.1 Å². The maximum Gasteiger partial charge on any atom is 0.529 e. The second kappa shape index (κ2) is 13.7. The molecule has 4 heterocycles. The van der Waals surface area contributed by atoms with Crippen molar-refractivity contribution in [3.05, 3.63) is 71.4 Å². The molecule has 50 heavy (non-hydrogen) atoms. The number of carbonyl (C=O) groups excluding carboxylic acids is 1. The number of halogens is 2. The third-order valence-corrected chi connectivity index (χ3v) is 12.5. The summed E-state index contributed by atoms with van der Waals surface area (Å²) in [5.74, 6) is -4.64. The van der Waals surface area contributed by atoms with Crippen LogP contribution < -0.4 is 19.5 Å². The number of hydrogen-bond acceptors (Lipinski definition) is 10. The summed E-state index contributed by atoms with van der Waals surface area (Å²) in [4.78, 5) is 36.4. The lowest BCUT2D eigenvalue weighted by Gasteiger charge is -2.53. The number of rotatable bonds is 9. The second-order valence-corrected chi connectivity index (χ2v) is 14.7. The molecule has 6 rings (SSSR count). The highest BCUT2D eigenvalue weighted by molar-refractivity contribution is 7.86. The molecule has 4 atom stereocenters. The first-order valence-corrected chi connectivity index (χ1v) is 17.7. The monoisotopic (exact) mass is 716 g/mol. The Morgan fingerprint density at radius 1 is 1.06 bits per heavy atom. The number of sulfonamides is 1. The van der Waals surface area contributed by atoms with Crippen molar-refractivity contribution < 1.29 is 50.0 Å². The number of piperazine rings is 1. The van der Waals surface area contributed by atoms with Crippen molar-refractivity contribution in [1.29, 1.82) is 0 Å². The number of quaternary nitrogens is 1. The van der Waals surface area contributed by atoms with Gasteiger partial charge in [0.05, 0.1) is 33.4 Å². The van der Waals surface area contributed by atoms with E-state index >= 15 is 12.8 Å². The van der Waals surface area contributed by atoms with E-state index in [1.807, 2.05) is 11.9 Å². The van der Waals surface area contributed by atoms with Crippen molar-refractivity contribution in [2.45, 2.75) is 48.7 Å². The van der Waals surface area contributed by atoms with Gasteiger partial charge in [-0.1, -0.05) is 6.07 Å². The number of hydrogen-bond donors (Lipinski definition) is 2. The zero-order chi connectivity index (χ0) is 36.0. The Labute approximate surface area is 289 Å². The minimum Gasteiger partial charge on any atom is -0.497 e. The normalized spacial score (nSPS) is 24.8. The molecule has 2 fully saturated rings. The maximum absolute atomic E-state index is 15.3. The van der Waals surface area contributed by atoms with Gasteiger partial charge < -0.3 is 29.5 Å². The van der Waals surface area contributed by atoms with Gasteiger partial charge in [0.1, 0.15) is 24.0 Å².